The molecule has 34 valence electrons. The second kappa shape index (κ2) is 1.47. The van der Waals surface area contributed by atoms with Crippen LogP contribution in [-0.2, 0) is 0 Å². The molecule has 1 rings (SSSR count). The molecule has 4 heteroatoms. The van der Waals surface area contributed by atoms with Crippen LogP contribution < -0.4 is 5.43 Å². The smallest absolute Gasteiger partial charge is 0.138 e. The van der Waals surface area contributed by atoms with Gasteiger partial charge in [-0.1, -0.05) is 0 Å². The molecule has 0 bridgehead atoms. The van der Waals surface area contributed by atoms with Gasteiger partial charge in [-0.05, 0) is 0 Å². The molecule has 0 atom stereocenters. The Balaban J connectivity index is 2.37. The average molecular weight is 105 g/mol. The monoisotopic (exact) mass is 105 g/mol. The SMILES string of the molecule is O=[N+]1NCCS1. The molecular weight excluding hydrogens is 100 g/mol. The van der Waals surface area contributed by atoms with Crippen LogP contribution in [0.25, 0.3) is 0 Å². The van der Waals surface area contributed by atoms with Crippen LogP contribution in [0.15, 0.2) is 0 Å². The van der Waals surface area contributed by atoms with E-state index >= 15 is 0 Å². The van der Waals surface area contributed by atoms with Crippen molar-refractivity contribution in [3.8, 4) is 0 Å². The lowest BCUT2D eigenvalue weighted by Crippen LogP contribution is -2.12. The number of nitroso groups, excluding NO2 is 1. The molecule has 0 aliphatic carbocycles. The van der Waals surface area contributed by atoms with E-state index in [9.17, 15) is 4.91 Å². The molecule has 0 spiro atoms. The highest BCUT2D eigenvalue weighted by molar-refractivity contribution is 7.93. The van der Waals surface area contributed by atoms with Gasteiger partial charge in [0.1, 0.15) is 0 Å². The lowest BCUT2D eigenvalue weighted by molar-refractivity contribution is -0.432. The molecule has 0 amide bonds. The Morgan fingerprint density at radius 1 is 1.83 bits per heavy atom. The molecule has 3 nitrogen and oxygen atoms in total. The molecule has 0 aromatic rings. The van der Waals surface area contributed by atoms with Crippen LogP contribution in [0.1, 0.15) is 0 Å². The number of hydrogen-bond acceptors (Lipinski definition) is 2. The fraction of sp³-hybridized carbons (Fsp3) is 1.00. The van der Waals surface area contributed by atoms with Crippen LogP contribution in [0, 0.1) is 4.91 Å². The van der Waals surface area contributed by atoms with Crippen molar-refractivity contribution in [3.63, 3.8) is 0 Å². The molecule has 0 aromatic carbocycles. The minimum absolute atomic E-state index is 0.778. The first-order valence-electron chi connectivity index (χ1n) is 1.73. The predicted octanol–water partition coefficient (Wildman–Crippen LogP) is -0.0683. The maximum absolute atomic E-state index is 10.0. The van der Waals surface area contributed by atoms with E-state index in [0.717, 1.165) is 16.6 Å². The van der Waals surface area contributed by atoms with Gasteiger partial charge >= 0.3 is 0 Å². The van der Waals surface area contributed by atoms with Gasteiger partial charge in [0.25, 0.3) is 11.9 Å². The van der Waals surface area contributed by atoms with Crippen molar-refractivity contribution in [1.29, 1.82) is 0 Å². The minimum atomic E-state index is 0.778. The van der Waals surface area contributed by atoms with Gasteiger partial charge < -0.3 is 0 Å². The Morgan fingerprint density at radius 2 is 2.67 bits per heavy atom. The van der Waals surface area contributed by atoms with Crippen molar-refractivity contribution >= 4 is 11.9 Å². The van der Waals surface area contributed by atoms with Gasteiger partial charge in [-0.3, -0.25) is 0 Å². The van der Waals surface area contributed by atoms with Crippen LogP contribution in [0.2, 0.25) is 0 Å². The molecule has 0 aromatic heterocycles. The standard InChI is InChI=1S/C2H5N2OS/c5-4-3-1-2-6-4/h1-2H2,(H,3,5)/q+1. The summed E-state index contributed by atoms with van der Waals surface area (Å²) in [4.78, 5) is 10.0. The van der Waals surface area contributed by atoms with E-state index < -0.39 is 0 Å². The van der Waals surface area contributed by atoms with Crippen molar-refractivity contribution in [3.05, 3.63) is 4.91 Å². The Labute approximate surface area is 39.8 Å². The second-order valence-corrected chi connectivity index (χ2v) is 2.00. The molecule has 1 N–H and O–H groups in total. The van der Waals surface area contributed by atoms with Crippen LogP contribution in [-0.4, -0.2) is 16.6 Å². The van der Waals surface area contributed by atoms with Crippen LogP contribution in [0.4, 0.5) is 0 Å². The highest BCUT2D eigenvalue weighted by Gasteiger charge is 2.17. The Hall–Kier alpha value is -0.250. The highest BCUT2D eigenvalue weighted by atomic mass is 32.2. The molecule has 1 fully saturated rings. The number of rotatable bonds is 0. The zero-order chi connectivity index (χ0) is 4.41. The lowest BCUT2D eigenvalue weighted by atomic mass is 10.8. The van der Waals surface area contributed by atoms with E-state index in [0.29, 0.717) is 0 Å². The number of nitrogens with one attached hydrogen (secondary N) is 1. The first-order valence-corrected chi connectivity index (χ1v) is 2.67. The number of nitrogens with zero attached hydrogens (tertiary/aromatic N) is 1. The van der Waals surface area contributed by atoms with Gasteiger partial charge in [-0.15, -0.1) is 5.43 Å². The third kappa shape index (κ3) is 0.622. The fourth-order valence-electron chi connectivity index (χ4n) is 0.311. The molecule has 0 unspecified atom stereocenters. The molecule has 0 radical (unpaired) electrons. The molecule has 1 aliphatic rings. The summed E-state index contributed by atoms with van der Waals surface area (Å²) in [5, 5.41) is 0. The maximum Gasteiger partial charge on any atom is 0.253 e. The summed E-state index contributed by atoms with van der Waals surface area (Å²) in [5.41, 5.74) is 2.56. The van der Waals surface area contributed by atoms with E-state index in [1.165, 1.54) is 11.9 Å². The van der Waals surface area contributed by atoms with Gasteiger partial charge in [0.15, 0.2) is 4.27 Å². The summed E-state index contributed by atoms with van der Waals surface area (Å²) in [5.74, 6) is 0.906. The normalized spacial score (nSPS) is 21.0. The molecule has 1 saturated heterocycles. The second-order valence-electron chi connectivity index (χ2n) is 0.998. The van der Waals surface area contributed by atoms with Crippen molar-refractivity contribution in [2.75, 3.05) is 12.3 Å². The molecule has 1 heterocycles. The third-order valence-electron chi connectivity index (χ3n) is 0.552. The van der Waals surface area contributed by atoms with Gasteiger partial charge in [-0.25, -0.2) is 0 Å². The summed E-state index contributed by atoms with van der Waals surface area (Å²) < 4.78 is 0.778. The van der Waals surface area contributed by atoms with E-state index in [4.69, 9.17) is 0 Å². The highest BCUT2D eigenvalue weighted by Crippen LogP contribution is 2.01. The van der Waals surface area contributed by atoms with Crippen molar-refractivity contribution < 1.29 is 4.27 Å². The van der Waals surface area contributed by atoms with E-state index in [1.54, 1.807) is 0 Å². The van der Waals surface area contributed by atoms with Crippen molar-refractivity contribution in [2.45, 2.75) is 0 Å². The van der Waals surface area contributed by atoms with E-state index in [2.05, 4.69) is 5.43 Å². The average Bonchev–Trinajstić information content (AvgIpc) is 1.86. The zero-order valence-corrected chi connectivity index (χ0v) is 3.99. The Kier molecular flexibility index (Phi) is 0.959. The summed E-state index contributed by atoms with van der Waals surface area (Å²) >= 11 is 1.26. The molecule has 1 aliphatic heterocycles. The summed E-state index contributed by atoms with van der Waals surface area (Å²) in [6, 6.07) is 0. The Morgan fingerprint density at radius 3 is 2.83 bits per heavy atom. The largest absolute Gasteiger partial charge is 0.253 e. The minimum Gasteiger partial charge on any atom is -0.138 e. The first-order chi connectivity index (χ1) is 2.89. The van der Waals surface area contributed by atoms with Crippen molar-refractivity contribution in [2.24, 2.45) is 0 Å². The predicted molar refractivity (Wildman–Crippen MR) is 24.1 cm³/mol. The summed E-state index contributed by atoms with van der Waals surface area (Å²) in [6.45, 7) is 0.814. The molecule has 0 saturated carbocycles. The summed E-state index contributed by atoms with van der Waals surface area (Å²) in [7, 11) is 0. The van der Waals surface area contributed by atoms with Crippen LogP contribution >= 0.6 is 11.9 Å². The molecular formula is C2H5N2OS+. The number of hydrogen-bond donors (Lipinski definition) is 1. The van der Waals surface area contributed by atoms with E-state index in [-0.39, 0.29) is 0 Å². The fourth-order valence-corrected chi connectivity index (χ4v) is 0.842. The van der Waals surface area contributed by atoms with Crippen LogP contribution in [0.5, 0.6) is 0 Å². The summed E-state index contributed by atoms with van der Waals surface area (Å²) in [6.07, 6.45) is 0. The topological polar surface area (TPSA) is 32.1 Å². The van der Waals surface area contributed by atoms with Crippen LogP contribution in [0.3, 0.4) is 0 Å². The van der Waals surface area contributed by atoms with Gasteiger partial charge in [0, 0.05) is 0 Å². The van der Waals surface area contributed by atoms with Crippen molar-refractivity contribution in [1.82, 2.24) is 5.43 Å². The quantitative estimate of drug-likeness (QED) is 0.346. The maximum atomic E-state index is 10.0. The Bertz CT molecular complexity index is 65.9. The zero-order valence-electron chi connectivity index (χ0n) is 3.18. The van der Waals surface area contributed by atoms with Gasteiger partial charge in [0.2, 0.25) is 0 Å². The first kappa shape index (κ1) is 3.92. The third-order valence-corrected chi connectivity index (χ3v) is 1.30. The van der Waals surface area contributed by atoms with Gasteiger partial charge in [0.05, 0.1) is 17.2 Å². The van der Waals surface area contributed by atoms with E-state index in [1.807, 2.05) is 0 Å². The lowest BCUT2D eigenvalue weighted by Gasteiger charge is -1.67. The number of hydrazine groups is 1. The molecule has 6 heavy (non-hydrogen) atoms. The van der Waals surface area contributed by atoms with Gasteiger partial charge in [-0.2, -0.15) is 0 Å².